The van der Waals surface area contributed by atoms with Crippen molar-refractivity contribution in [3.05, 3.63) is 95.6 Å². The van der Waals surface area contributed by atoms with Crippen LogP contribution in [-0.4, -0.2) is 17.6 Å². The molecule has 1 fully saturated rings. The second-order valence-electron chi connectivity index (χ2n) is 8.71. The van der Waals surface area contributed by atoms with E-state index >= 15 is 0 Å². The van der Waals surface area contributed by atoms with E-state index in [1.165, 1.54) is 6.92 Å². The number of rotatable bonds is 2. The monoisotopic (exact) mass is 423 g/mol. The van der Waals surface area contributed by atoms with Gasteiger partial charge in [-0.1, -0.05) is 66.7 Å². The zero-order valence-corrected chi connectivity index (χ0v) is 17.4. The van der Waals surface area contributed by atoms with Gasteiger partial charge in [0.2, 0.25) is 11.8 Å². The number of benzene rings is 3. The van der Waals surface area contributed by atoms with Crippen LogP contribution < -0.4 is 16.0 Å². The zero-order chi connectivity index (χ0) is 22.1. The van der Waals surface area contributed by atoms with Crippen LogP contribution in [0.2, 0.25) is 0 Å². The fourth-order valence-corrected chi connectivity index (χ4v) is 6.13. The molecule has 0 bridgehead atoms. The normalized spacial score (nSPS) is 29.7. The number of fused-ring (bicyclic) bond motifs is 4. The minimum atomic E-state index is -1.36. The number of ketones is 1. The van der Waals surface area contributed by atoms with Gasteiger partial charge in [-0.15, -0.1) is 0 Å². The van der Waals surface area contributed by atoms with Gasteiger partial charge in [0.05, 0.1) is 12.0 Å². The van der Waals surface area contributed by atoms with E-state index in [-0.39, 0.29) is 17.6 Å². The van der Waals surface area contributed by atoms with E-state index in [2.05, 4.69) is 16.0 Å². The molecule has 158 valence electrons. The van der Waals surface area contributed by atoms with Crippen LogP contribution in [0.4, 0.5) is 11.4 Å². The minimum absolute atomic E-state index is 0.213. The molecule has 0 saturated carbocycles. The molecule has 0 aliphatic carbocycles. The Balaban J connectivity index is 1.72. The van der Waals surface area contributed by atoms with Crippen LogP contribution in [0.5, 0.6) is 0 Å². The van der Waals surface area contributed by atoms with Crippen LogP contribution in [0.3, 0.4) is 0 Å². The number of amides is 2. The van der Waals surface area contributed by atoms with Crippen molar-refractivity contribution in [3.8, 4) is 0 Å². The molecule has 0 unspecified atom stereocenters. The third-order valence-electron chi connectivity index (χ3n) is 7.21. The Kier molecular flexibility index (Phi) is 3.77. The van der Waals surface area contributed by atoms with Gasteiger partial charge in [0.1, 0.15) is 16.7 Å². The summed E-state index contributed by atoms with van der Waals surface area (Å²) in [6.07, 6.45) is 0. The maximum absolute atomic E-state index is 13.9. The summed E-state index contributed by atoms with van der Waals surface area (Å²) in [4.78, 5) is 41.0. The van der Waals surface area contributed by atoms with E-state index in [0.29, 0.717) is 16.9 Å². The van der Waals surface area contributed by atoms with E-state index in [1.807, 2.05) is 78.9 Å². The number of carbonyl (C=O) groups is 3. The number of Topliss-reactive ketones (excluding diaryl/α,β-unsaturated/α-hetero) is 1. The number of anilines is 2. The summed E-state index contributed by atoms with van der Waals surface area (Å²) < 4.78 is 0. The first-order valence-electron chi connectivity index (χ1n) is 10.7. The Labute approximate surface area is 185 Å². The molecular formula is C26H21N3O3. The quantitative estimate of drug-likeness (QED) is 0.590. The fraction of sp³-hybridized carbons (Fsp3) is 0.192. The van der Waals surface area contributed by atoms with Crippen molar-refractivity contribution in [1.29, 1.82) is 0 Å². The average molecular weight is 423 g/mol. The zero-order valence-electron chi connectivity index (χ0n) is 17.4. The fourth-order valence-electron chi connectivity index (χ4n) is 6.13. The van der Waals surface area contributed by atoms with Crippen LogP contribution >= 0.6 is 0 Å². The molecule has 3 aliphatic rings. The summed E-state index contributed by atoms with van der Waals surface area (Å²) in [7, 11) is 0. The first kappa shape index (κ1) is 19.0. The number of carbonyl (C=O) groups excluding carboxylic acids is 3. The molecule has 2 amide bonds. The molecular weight excluding hydrogens is 402 g/mol. The van der Waals surface area contributed by atoms with Gasteiger partial charge in [-0.05, 0) is 30.2 Å². The van der Waals surface area contributed by atoms with Crippen LogP contribution in [-0.2, 0) is 25.3 Å². The van der Waals surface area contributed by atoms with Gasteiger partial charge < -0.3 is 10.6 Å². The van der Waals surface area contributed by atoms with E-state index in [4.69, 9.17) is 0 Å². The number of hydrogen-bond donors (Lipinski definition) is 3. The lowest BCUT2D eigenvalue weighted by atomic mass is 9.60. The standard InChI is InChI=1S/C26H21N3O3/c1-15(30)21-25(17-11-5-7-13-19(17)27-23(25)31)22(16-9-3-2-4-10-16)29-26(21)18-12-6-8-14-20(18)28-24(26)32/h2-14,21-22,29H,1H3,(H,27,31)(H,28,32)/t21-,22+,25+,26-/m1/s1. The molecule has 0 aromatic heterocycles. The van der Waals surface area contributed by atoms with E-state index in [9.17, 15) is 14.4 Å². The van der Waals surface area contributed by atoms with Gasteiger partial charge in [0.15, 0.2) is 0 Å². The van der Waals surface area contributed by atoms with Crippen molar-refractivity contribution in [3.63, 3.8) is 0 Å². The van der Waals surface area contributed by atoms with Crippen molar-refractivity contribution in [2.45, 2.75) is 23.9 Å². The lowest BCUT2D eigenvalue weighted by Crippen LogP contribution is -2.53. The SMILES string of the molecule is CC(=O)[C@@H]1[C@]2(C(=O)Nc3ccccc32)[C@H](c2ccccc2)N[C@@]12C(=O)Nc1ccccc12. The van der Waals surface area contributed by atoms with Gasteiger partial charge in [0, 0.05) is 16.9 Å². The van der Waals surface area contributed by atoms with Crippen molar-refractivity contribution >= 4 is 29.0 Å². The van der Waals surface area contributed by atoms with Crippen molar-refractivity contribution in [2.24, 2.45) is 5.92 Å². The molecule has 6 heteroatoms. The lowest BCUT2D eigenvalue weighted by Gasteiger charge is -2.35. The highest BCUT2D eigenvalue weighted by Gasteiger charge is 2.74. The molecule has 3 heterocycles. The predicted molar refractivity (Wildman–Crippen MR) is 120 cm³/mol. The third-order valence-corrected chi connectivity index (χ3v) is 7.21. The van der Waals surface area contributed by atoms with E-state index in [0.717, 1.165) is 11.1 Å². The van der Waals surface area contributed by atoms with Gasteiger partial charge in [-0.3, -0.25) is 19.7 Å². The maximum atomic E-state index is 13.9. The molecule has 3 aromatic rings. The number of para-hydroxylation sites is 2. The lowest BCUT2D eigenvalue weighted by molar-refractivity contribution is -0.135. The molecule has 32 heavy (non-hydrogen) atoms. The molecule has 0 radical (unpaired) electrons. The summed E-state index contributed by atoms with van der Waals surface area (Å²) in [5, 5.41) is 9.47. The largest absolute Gasteiger partial charge is 0.325 e. The minimum Gasteiger partial charge on any atom is -0.325 e. The summed E-state index contributed by atoms with van der Waals surface area (Å²) in [6.45, 7) is 1.48. The van der Waals surface area contributed by atoms with Gasteiger partial charge in [-0.2, -0.15) is 0 Å². The second-order valence-corrected chi connectivity index (χ2v) is 8.71. The molecule has 4 atom stereocenters. The summed E-state index contributed by atoms with van der Waals surface area (Å²) in [5.41, 5.74) is 0.971. The van der Waals surface area contributed by atoms with E-state index in [1.54, 1.807) is 0 Å². The average Bonchev–Trinajstić information content (AvgIpc) is 3.39. The Hall–Kier alpha value is -3.77. The summed E-state index contributed by atoms with van der Waals surface area (Å²) in [6, 6.07) is 23.8. The van der Waals surface area contributed by atoms with Crippen LogP contribution in [0.1, 0.15) is 29.7 Å². The Morgan fingerprint density at radius 1 is 0.750 bits per heavy atom. The molecule has 6 nitrogen and oxygen atoms in total. The van der Waals surface area contributed by atoms with Crippen LogP contribution in [0.15, 0.2) is 78.9 Å². The topological polar surface area (TPSA) is 87.3 Å². The molecule has 3 N–H and O–H groups in total. The Bertz CT molecular complexity index is 1300. The van der Waals surface area contributed by atoms with Gasteiger partial charge >= 0.3 is 0 Å². The third kappa shape index (κ3) is 2.10. The van der Waals surface area contributed by atoms with Crippen LogP contribution in [0, 0.1) is 5.92 Å². The Morgan fingerprint density at radius 3 is 2.00 bits per heavy atom. The predicted octanol–water partition coefficient (Wildman–Crippen LogP) is 3.27. The number of nitrogens with one attached hydrogen (secondary N) is 3. The van der Waals surface area contributed by atoms with Crippen molar-refractivity contribution < 1.29 is 14.4 Å². The van der Waals surface area contributed by atoms with Gasteiger partial charge in [0.25, 0.3) is 0 Å². The van der Waals surface area contributed by atoms with Crippen LogP contribution in [0.25, 0.3) is 0 Å². The van der Waals surface area contributed by atoms with Crippen molar-refractivity contribution in [2.75, 3.05) is 10.6 Å². The molecule has 6 rings (SSSR count). The highest BCUT2D eigenvalue weighted by Crippen LogP contribution is 2.63. The molecule has 3 aromatic carbocycles. The smallest absolute Gasteiger partial charge is 0.250 e. The van der Waals surface area contributed by atoms with E-state index < -0.39 is 22.9 Å². The highest BCUT2D eigenvalue weighted by atomic mass is 16.2. The Morgan fingerprint density at radius 2 is 1.31 bits per heavy atom. The maximum Gasteiger partial charge on any atom is 0.250 e. The second kappa shape index (κ2) is 6.37. The highest BCUT2D eigenvalue weighted by molar-refractivity contribution is 6.16. The molecule has 2 spiro atoms. The molecule has 1 saturated heterocycles. The summed E-state index contributed by atoms with van der Waals surface area (Å²) in [5.74, 6) is -1.73. The van der Waals surface area contributed by atoms with Crippen molar-refractivity contribution in [1.82, 2.24) is 5.32 Å². The first-order chi connectivity index (χ1) is 15.5. The number of hydrogen-bond acceptors (Lipinski definition) is 4. The summed E-state index contributed by atoms with van der Waals surface area (Å²) >= 11 is 0. The first-order valence-corrected chi connectivity index (χ1v) is 10.7. The molecule has 3 aliphatic heterocycles. The van der Waals surface area contributed by atoms with Gasteiger partial charge in [-0.25, -0.2) is 0 Å².